The summed E-state index contributed by atoms with van der Waals surface area (Å²) >= 11 is 0. The summed E-state index contributed by atoms with van der Waals surface area (Å²) in [5, 5.41) is 2.99. The van der Waals surface area contributed by atoms with Gasteiger partial charge in [-0.05, 0) is 42.7 Å². The number of amides is 3. The SMILES string of the molecule is O=C(NC1CCN(C(=O)c2ccccc2)CC1)C1CC(=O)N(Cc2cccc(C(F)(F)F)c2)C1. The highest BCUT2D eigenvalue weighted by atomic mass is 19.4. The Balaban J connectivity index is 1.27. The van der Waals surface area contributed by atoms with Gasteiger partial charge in [0.25, 0.3) is 5.91 Å². The monoisotopic (exact) mass is 473 g/mol. The van der Waals surface area contributed by atoms with Crippen molar-refractivity contribution in [1.29, 1.82) is 0 Å². The molecule has 0 radical (unpaired) electrons. The van der Waals surface area contributed by atoms with Gasteiger partial charge in [-0.2, -0.15) is 13.2 Å². The second kappa shape index (κ2) is 9.87. The van der Waals surface area contributed by atoms with Gasteiger partial charge >= 0.3 is 6.18 Å². The zero-order valence-electron chi connectivity index (χ0n) is 18.6. The molecule has 180 valence electrons. The molecule has 2 aromatic rings. The van der Waals surface area contributed by atoms with Crippen LogP contribution in [0.2, 0.25) is 0 Å². The molecule has 1 atom stereocenters. The number of piperidine rings is 1. The molecule has 0 aromatic heterocycles. The lowest BCUT2D eigenvalue weighted by atomic mass is 10.0. The van der Waals surface area contributed by atoms with E-state index in [1.807, 2.05) is 18.2 Å². The van der Waals surface area contributed by atoms with Crippen LogP contribution in [0.4, 0.5) is 13.2 Å². The Morgan fingerprint density at radius 3 is 2.38 bits per heavy atom. The molecule has 2 fully saturated rings. The number of hydrogen-bond donors (Lipinski definition) is 1. The van der Waals surface area contributed by atoms with E-state index in [1.54, 1.807) is 23.1 Å². The maximum absolute atomic E-state index is 12.9. The summed E-state index contributed by atoms with van der Waals surface area (Å²) in [6, 6.07) is 13.8. The van der Waals surface area contributed by atoms with Crippen molar-refractivity contribution < 1.29 is 27.6 Å². The number of halogens is 3. The number of nitrogens with one attached hydrogen (secondary N) is 1. The second-order valence-corrected chi connectivity index (χ2v) is 8.81. The standard InChI is InChI=1S/C25H26F3N3O3/c26-25(27,28)20-8-4-5-17(13-20)15-31-16-19(14-22(31)32)23(33)29-21-9-11-30(12-10-21)24(34)18-6-2-1-3-7-18/h1-8,13,19,21H,9-12,14-16H2,(H,29,33). The van der Waals surface area contributed by atoms with Crippen molar-refractivity contribution in [2.75, 3.05) is 19.6 Å². The number of carbonyl (C=O) groups is 3. The van der Waals surface area contributed by atoms with Crippen molar-refractivity contribution in [2.45, 2.75) is 38.0 Å². The Labute approximate surface area is 195 Å². The summed E-state index contributed by atoms with van der Waals surface area (Å²) in [4.78, 5) is 40.9. The Bertz CT molecular complexity index is 1050. The molecule has 4 rings (SSSR count). The van der Waals surface area contributed by atoms with Gasteiger partial charge < -0.3 is 15.1 Å². The van der Waals surface area contributed by atoms with Gasteiger partial charge in [-0.15, -0.1) is 0 Å². The van der Waals surface area contributed by atoms with Crippen LogP contribution in [0.15, 0.2) is 54.6 Å². The van der Waals surface area contributed by atoms with E-state index in [1.165, 1.54) is 11.0 Å². The Morgan fingerprint density at radius 1 is 1.00 bits per heavy atom. The topological polar surface area (TPSA) is 69.7 Å². The molecular formula is C25H26F3N3O3. The summed E-state index contributed by atoms with van der Waals surface area (Å²) in [7, 11) is 0. The van der Waals surface area contributed by atoms with Crippen LogP contribution in [-0.4, -0.2) is 53.2 Å². The summed E-state index contributed by atoms with van der Waals surface area (Å²) in [5.74, 6) is -1.05. The zero-order valence-corrected chi connectivity index (χ0v) is 18.6. The lowest BCUT2D eigenvalue weighted by Crippen LogP contribution is -2.48. The molecule has 34 heavy (non-hydrogen) atoms. The van der Waals surface area contributed by atoms with Crippen molar-refractivity contribution in [1.82, 2.24) is 15.1 Å². The van der Waals surface area contributed by atoms with Crippen LogP contribution in [-0.2, 0) is 22.3 Å². The highest BCUT2D eigenvalue weighted by Crippen LogP contribution is 2.30. The lowest BCUT2D eigenvalue weighted by Gasteiger charge is -2.33. The number of rotatable bonds is 5. The zero-order chi connectivity index (χ0) is 24.3. The van der Waals surface area contributed by atoms with Gasteiger partial charge in [0, 0.05) is 44.2 Å². The molecule has 1 N–H and O–H groups in total. The van der Waals surface area contributed by atoms with Crippen LogP contribution < -0.4 is 5.32 Å². The molecule has 2 aliphatic heterocycles. The quantitative estimate of drug-likeness (QED) is 0.723. The molecule has 0 saturated carbocycles. The largest absolute Gasteiger partial charge is 0.416 e. The summed E-state index contributed by atoms with van der Waals surface area (Å²) < 4.78 is 38.8. The molecule has 1 unspecified atom stereocenters. The van der Waals surface area contributed by atoms with E-state index in [4.69, 9.17) is 0 Å². The van der Waals surface area contributed by atoms with E-state index in [9.17, 15) is 27.6 Å². The first-order chi connectivity index (χ1) is 16.2. The predicted molar refractivity (Wildman–Crippen MR) is 118 cm³/mol. The minimum atomic E-state index is -4.45. The van der Waals surface area contributed by atoms with Crippen molar-refractivity contribution in [3.05, 3.63) is 71.3 Å². The maximum Gasteiger partial charge on any atom is 0.416 e. The Morgan fingerprint density at radius 2 is 1.71 bits per heavy atom. The van der Waals surface area contributed by atoms with Crippen molar-refractivity contribution in [3.63, 3.8) is 0 Å². The van der Waals surface area contributed by atoms with E-state index < -0.39 is 17.7 Å². The lowest BCUT2D eigenvalue weighted by molar-refractivity contribution is -0.137. The van der Waals surface area contributed by atoms with E-state index >= 15 is 0 Å². The minimum Gasteiger partial charge on any atom is -0.353 e. The van der Waals surface area contributed by atoms with E-state index in [0.717, 1.165) is 12.1 Å². The fourth-order valence-corrected chi connectivity index (χ4v) is 4.48. The number of benzene rings is 2. The highest BCUT2D eigenvalue weighted by molar-refractivity contribution is 5.94. The normalized spacial score (nSPS) is 19.4. The number of alkyl halides is 3. The molecule has 6 nitrogen and oxygen atoms in total. The third-order valence-corrected chi connectivity index (χ3v) is 6.36. The maximum atomic E-state index is 12.9. The fourth-order valence-electron chi connectivity index (χ4n) is 4.48. The summed E-state index contributed by atoms with van der Waals surface area (Å²) in [5.41, 5.74) is 0.248. The molecule has 0 aliphatic carbocycles. The van der Waals surface area contributed by atoms with E-state index in [2.05, 4.69) is 5.32 Å². The molecule has 9 heteroatoms. The molecule has 0 bridgehead atoms. The fraction of sp³-hybridized carbons (Fsp3) is 0.400. The number of likely N-dealkylation sites (tertiary alicyclic amines) is 2. The predicted octanol–water partition coefficient (Wildman–Crippen LogP) is 3.47. The van der Waals surface area contributed by atoms with Gasteiger partial charge in [0.1, 0.15) is 0 Å². The molecule has 2 aromatic carbocycles. The van der Waals surface area contributed by atoms with Crippen LogP contribution in [0.1, 0.15) is 40.7 Å². The van der Waals surface area contributed by atoms with Gasteiger partial charge in [-0.25, -0.2) is 0 Å². The molecule has 2 saturated heterocycles. The number of carbonyl (C=O) groups excluding carboxylic acids is 3. The van der Waals surface area contributed by atoms with Gasteiger partial charge in [-0.1, -0.05) is 30.3 Å². The first-order valence-corrected chi connectivity index (χ1v) is 11.3. The van der Waals surface area contributed by atoms with Crippen LogP contribution in [0.25, 0.3) is 0 Å². The van der Waals surface area contributed by atoms with Crippen LogP contribution >= 0.6 is 0 Å². The van der Waals surface area contributed by atoms with Crippen LogP contribution in [0, 0.1) is 5.92 Å². The molecule has 0 spiro atoms. The second-order valence-electron chi connectivity index (χ2n) is 8.81. The molecular weight excluding hydrogens is 447 g/mol. The van der Waals surface area contributed by atoms with E-state index in [-0.39, 0.29) is 43.3 Å². The summed E-state index contributed by atoms with van der Waals surface area (Å²) in [6.07, 6.45) is -3.16. The third kappa shape index (κ3) is 5.58. The van der Waals surface area contributed by atoms with Gasteiger partial charge in [0.2, 0.25) is 11.8 Å². The average Bonchev–Trinajstić information content (AvgIpc) is 3.19. The van der Waals surface area contributed by atoms with Crippen molar-refractivity contribution in [2.24, 2.45) is 5.92 Å². The van der Waals surface area contributed by atoms with Gasteiger partial charge in [-0.3, -0.25) is 14.4 Å². The average molecular weight is 473 g/mol. The van der Waals surface area contributed by atoms with Crippen LogP contribution in [0.5, 0.6) is 0 Å². The number of hydrogen-bond acceptors (Lipinski definition) is 3. The Kier molecular flexibility index (Phi) is 6.90. The molecule has 2 aliphatic rings. The van der Waals surface area contributed by atoms with Crippen molar-refractivity contribution >= 4 is 17.7 Å². The molecule has 3 amide bonds. The minimum absolute atomic E-state index is 0.0306. The molecule has 2 heterocycles. The van der Waals surface area contributed by atoms with Crippen LogP contribution in [0.3, 0.4) is 0 Å². The van der Waals surface area contributed by atoms with Crippen molar-refractivity contribution in [3.8, 4) is 0 Å². The summed E-state index contributed by atoms with van der Waals surface area (Å²) in [6.45, 7) is 1.27. The van der Waals surface area contributed by atoms with E-state index in [0.29, 0.717) is 37.1 Å². The third-order valence-electron chi connectivity index (χ3n) is 6.36. The first-order valence-electron chi connectivity index (χ1n) is 11.3. The number of nitrogens with zero attached hydrogens (tertiary/aromatic N) is 2. The highest BCUT2D eigenvalue weighted by Gasteiger charge is 2.36. The Hall–Kier alpha value is -3.36. The van der Waals surface area contributed by atoms with Gasteiger partial charge in [0.15, 0.2) is 0 Å². The van der Waals surface area contributed by atoms with Gasteiger partial charge in [0.05, 0.1) is 11.5 Å². The first kappa shape index (κ1) is 23.8. The smallest absolute Gasteiger partial charge is 0.353 e.